The SMILES string of the molecule is COc1ccc2sc(C(=O)N[C@H]3C4CCN(CC4)C3(C)C)cc2c1.Cl. The maximum Gasteiger partial charge on any atom is 0.261 e. The van der Waals surface area contributed by atoms with Crippen LogP contribution in [-0.2, 0) is 0 Å². The maximum atomic E-state index is 12.9. The summed E-state index contributed by atoms with van der Waals surface area (Å²) >= 11 is 1.55. The van der Waals surface area contributed by atoms with Gasteiger partial charge >= 0.3 is 0 Å². The van der Waals surface area contributed by atoms with Gasteiger partial charge in [-0.1, -0.05) is 0 Å². The zero-order valence-electron chi connectivity index (χ0n) is 14.9. The fraction of sp³-hybridized carbons (Fsp3) is 0.526. The number of amides is 1. The third kappa shape index (κ3) is 3.14. The number of nitrogens with one attached hydrogen (secondary N) is 1. The molecule has 3 aliphatic rings. The number of halogens is 1. The van der Waals surface area contributed by atoms with Crippen molar-refractivity contribution in [3.05, 3.63) is 29.1 Å². The van der Waals surface area contributed by atoms with Crippen molar-refractivity contribution in [2.75, 3.05) is 20.2 Å². The first-order valence-electron chi connectivity index (χ1n) is 8.62. The number of thiophene rings is 1. The van der Waals surface area contributed by atoms with Crippen LogP contribution < -0.4 is 10.1 Å². The molecule has 6 heteroatoms. The molecule has 5 rings (SSSR count). The molecule has 0 aliphatic carbocycles. The molecule has 1 aromatic carbocycles. The molecule has 0 spiro atoms. The Morgan fingerprint density at radius 1 is 1.28 bits per heavy atom. The van der Waals surface area contributed by atoms with Crippen LogP contribution in [0.15, 0.2) is 24.3 Å². The van der Waals surface area contributed by atoms with E-state index in [0.29, 0.717) is 5.92 Å². The third-order valence-corrected chi connectivity index (χ3v) is 6.94. The van der Waals surface area contributed by atoms with Gasteiger partial charge in [-0.25, -0.2) is 0 Å². The number of carbonyl (C=O) groups is 1. The number of ether oxygens (including phenoxy) is 1. The van der Waals surface area contributed by atoms with E-state index in [1.54, 1.807) is 18.4 Å². The normalized spacial score (nSPS) is 26.9. The van der Waals surface area contributed by atoms with E-state index in [-0.39, 0.29) is 29.9 Å². The molecule has 3 saturated heterocycles. The van der Waals surface area contributed by atoms with Gasteiger partial charge in [-0.2, -0.15) is 0 Å². The molecule has 1 atom stereocenters. The van der Waals surface area contributed by atoms with Crippen LogP contribution in [-0.4, -0.2) is 42.6 Å². The molecule has 1 aromatic heterocycles. The molecule has 136 valence electrons. The largest absolute Gasteiger partial charge is 0.497 e. The highest BCUT2D eigenvalue weighted by Crippen LogP contribution is 2.39. The maximum absolute atomic E-state index is 12.9. The van der Waals surface area contributed by atoms with Gasteiger partial charge in [0.1, 0.15) is 5.75 Å². The average molecular weight is 381 g/mol. The summed E-state index contributed by atoms with van der Waals surface area (Å²) in [6, 6.07) is 8.16. The van der Waals surface area contributed by atoms with Crippen LogP contribution in [0.5, 0.6) is 5.75 Å². The smallest absolute Gasteiger partial charge is 0.261 e. The Bertz CT molecular complexity index is 781. The third-order valence-electron chi connectivity index (χ3n) is 5.82. The molecule has 3 aliphatic heterocycles. The summed E-state index contributed by atoms with van der Waals surface area (Å²) < 4.78 is 6.39. The standard InChI is InChI=1S/C19H24N2O2S.ClH/c1-19(2)17(12-6-8-21(19)9-7-12)20-18(22)16-11-13-10-14(23-3)4-5-15(13)24-16;/h4-5,10-12,17H,6-9H2,1-3H3,(H,20,22);1H/t17-;/m0./s1. The first-order valence-corrected chi connectivity index (χ1v) is 9.44. The summed E-state index contributed by atoms with van der Waals surface area (Å²) in [6.45, 7) is 6.84. The van der Waals surface area contributed by atoms with Crippen LogP contribution in [0, 0.1) is 5.92 Å². The lowest BCUT2D eigenvalue weighted by atomic mass is 9.72. The van der Waals surface area contributed by atoms with E-state index in [2.05, 4.69) is 24.1 Å². The first-order chi connectivity index (χ1) is 11.5. The van der Waals surface area contributed by atoms with Crippen LogP contribution >= 0.6 is 23.7 Å². The minimum absolute atomic E-state index is 0. The van der Waals surface area contributed by atoms with E-state index in [0.717, 1.165) is 33.8 Å². The number of rotatable bonds is 3. The Morgan fingerprint density at radius 3 is 2.64 bits per heavy atom. The lowest BCUT2D eigenvalue weighted by molar-refractivity contribution is -0.0377. The van der Waals surface area contributed by atoms with E-state index in [9.17, 15) is 4.79 Å². The van der Waals surface area contributed by atoms with Gasteiger partial charge < -0.3 is 10.1 Å². The van der Waals surface area contributed by atoms with Crippen molar-refractivity contribution in [1.82, 2.24) is 10.2 Å². The monoisotopic (exact) mass is 380 g/mol. The Kier molecular flexibility index (Phi) is 5.02. The van der Waals surface area contributed by atoms with Crippen molar-refractivity contribution >= 4 is 39.7 Å². The number of fused-ring (bicyclic) bond motifs is 4. The second-order valence-corrected chi connectivity index (χ2v) is 8.53. The lowest BCUT2D eigenvalue weighted by Gasteiger charge is -2.56. The van der Waals surface area contributed by atoms with Gasteiger partial charge in [0, 0.05) is 16.3 Å². The predicted molar refractivity (Wildman–Crippen MR) is 105 cm³/mol. The molecule has 4 heterocycles. The molecule has 0 radical (unpaired) electrons. The second-order valence-electron chi connectivity index (χ2n) is 7.44. The summed E-state index contributed by atoms with van der Waals surface area (Å²) in [7, 11) is 1.66. The highest BCUT2D eigenvalue weighted by Gasteiger charge is 2.48. The van der Waals surface area contributed by atoms with Gasteiger partial charge in [0.2, 0.25) is 0 Å². The summed E-state index contributed by atoms with van der Waals surface area (Å²) in [4.78, 5) is 16.2. The zero-order valence-corrected chi connectivity index (χ0v) is 16.5. The molecule has 1 N–H and O–H groups in total. The highest BCUT2D eigenvalue weighted by molar-refractivity contribution is 7.20. The quantitative estimate of drug-likeness (QED) is 0.877. The Labute approximate surface area is 158 Å². The van der Waals surface area contributed by atoms with Gasteiger partial charge in [-0.15, -0.1) is 23.7 Å². The minimum Gasteiger partial charge on any atom is -0.497 e. The zero-order chi connectivity index (χ0) is 16.9. The van der Waals surface area contributed by atoms with E-state index in [1.807, 2.05) is 24.3 Å². The molecule has 0 saturated carbocycles. The second kappa shape index (κ2) is 6.78. The van der Waals surface area contributed by atoms with Gasteiger partial charge in [-0.05, 0) is 75.3 Å². The topological polar surface area (TPSA) is 41.6 Å². The minimum atomic E-state index is 0. The molecule has 2 aromatic rings. The summed E-state index contributed by atoms with van der Waals surface area (Å²) in [5.74, 6) is 1.48. The van der Waals surface area contributed by atoms with Crippen LogP contribution in [0.4, 0.5) is 0 Å². The number of methoxy groups -OCH3 is 1. The molecule has 3 fully saturated rings. The Morgan fingerprint density at radius 2 is 2.00 bits per heavy atom. The number of hydrogen-bond acceptors (Lipinski definition) is 4. The van der Waals surface area contributed by atoms with Crippen molar-refractivity contribution in [3.8, 4) is 5.75 Å². The van der Waals surface area contributed by atoms with Gasteiger partial charge in [0.15, 0.2) is 0 Å². The van der Waals surface area contributed by atoms with E-state index >= 15 is 0 Å². The molecule has 25 heavy (non-hydrogen) atoms. The Balaban J connectivity index is 0.00000182. The molecule has 1 amide bonds. The van der Waals surface area contributed by atoms with E-state index in [1.165, 1.54) is 12.8 Å². The van der Waals surface area contributed by atoms with E-state index in [4.69, 9.17) is 4.74 Å². The van der Waals surface area contributed by atoms with Crippen LogP contribution in [0.1, 0.15) is 36.4 Å². The van der Waals surface area contributed by atoms with Crippen molar-refractivity contribution in [1.29, 1.82) is 0 Å². The van der Waals surface area contributed by atoms with Gasteiger partial charge in [-0.3, -0.25) is 9.69 Å². The number of nitrogens with zero attached hydrogens (tertiary/aromatic N) is 1. The van der Waals surface area contributed by atoms with E-state index < -0.39 is 0 Å². The first kappa shape index (κ1) is 18.5. The average Bonchev–Trinajstić information content (AvgIpc) is 3.01. The van der Waals surface area contributed by atoms with Crippen LogP contribution in [0.2, 0.25) is 0 Å². The highest BCUT2D eigenvalue weighted by atomic mass is 35.5. The summed E-state index contributed by atoms with van der Waals surface area (Å²) in [5, 5.41) is 4.41. The van der Waals surface area contributed by atoms with Crippen LogP contribution in [0.3, 0.4) is 0 Å². The van der Waals surface area contributed by atoms with Crippen molar-refractivity contribution < 1.29 is 9.53 Å². The van der Waals surface area contributed by atoms with Gasteiger partial charge in [0.25, 0.3) is 5.91 Å². The molecule has 2 bridgehead atoms. The lowest BCUT2D eigenvalue weighted by Crippen LogP contribution is -2.69. The fourth-order valence-electron chi connectivity index (χ4n) is 4.35. The summed E-state index contributed by atoms with van der Waals surface area (Å²) in [6.07, 6.45) is 2.38. The van der Waals surface area contributed by atoms with Crippen LogP contribution in [0.25, 0.3) is 10.1 Å². The fourth-order valence-corrected chi connectivity index (χ4v) is 5.30. The van der Waals surface area contributed by atoms with Crippen molar-refractivity contribution in [2.24, 2.45) is 5.92 Å². The number of carbonyl (C=O) groups excluding carboxylic acids is 1. The number of benzene rings is 1. The number of piperidine rings is 3. The molecule has 4 nitrogen and oxygen atoms in total. The molecular formula is C19H25ClN2O2S. The van der Waals surface area contributed by atoms with Crippen molar-refractivity contribution in [2.45, 2.75) is 38.3 Å². The van der Waals surface area contributed by atoms with Gasteiger partial charge in [0.05, 0.1) is 12.0 Å². The Hall–Kier alpha value is -1.30. The van der Waals surface area contributed by atoms with Crippen molar-refractivity contribution in [3.63, 3.8) is 0 Å². The predicted octanol–water partition coefficient (Wildman–Crippen LogP) is 3.93. The summed E-state index contributed by atoms with van der Waals surface area (Å²) in [5.41, 5.74) is 0.0384. The molecule has 0 unspecified atom stereocenters. The number of hydrogen-bond donors (Lipinski definition) is 1. The molecular weight excluding hydrogens is 356 g/mol.